The van der Waals surface area contributed by atoms with Crippen LogP contribution in [0, 0.1) is 0 Å². The first kappa shape index (κ1) is 16.0. The zero-order chi connectivity index (χ0) is 16.1. The van der Waals surface area contributed by atoms with E-state index in [1.165, 1.54) is 6.26 Å². The first-order valence-corrected chi connectivity index (χ1v) is 8.29. The molecule has 1 saturated heterocycles. The van der Waals surface area contributed by atoms with Gasteiger partial charge in [-0.25, -0.2) is 4.98 Å². The molecular weight excluding hydrogens is 314 g/mol. The molecule has 1 aromatic carbocycles. The second kappa shape index (κ2) is 7.62. The molecule has 6 heteroatoms. The van der Waals surface area contributed by atoms with Gasteiger partial charge in [0.2, 0.25) is 0 Å². The smallest absolute Gasteiger partial charge is 0.273 e. The zero-order valence-electron chi connectivity index (χ0n) is 12.8. The highest BCUT2D eigenvalue weighted by atomic mass is 35.5. The summed E-state index contributed by atoms with van der Waals surface area (Å²) in [4.78, 5) is 16.4. The Labute approximate surface area is 140 Å². The van der Waals surface area contributed by atoms with Crippen molar-refractivity contribution in [2.24, 2.45) is 0 Å². The summed E-state index contributed by atoms with van der Waals surface area (Å²) in [5.74, 6) is 0.720. The SMILES string of the molecule is O=C(NCCc1ccc(Cl)cc1)c1coc(C2CCCNC2)n1. The molecule has 122 valence electrons. The van der Waals surface area contributed by atoms with Gasteiger partial charge in [0.25, 0.3) is 5.91 Å². The summed E-state index contributed by atoms with van der Waals surface area (Å²) in [6.45, 7) is 2.45. The number of halogens is 1. The molecule has 0 radical (unpaired) electrons. The predicted molar refractivity (Wildman–Crippen MR) is 88.8 cm³/mol. The molecule has 1 amide bonds. The summed E-state index contributed by atoms with van der Waals surface area (Å²) < 4.78 is 5.48. The van der Waals surface area contributed by atoms with Crippen LogP contribution >= 0.6 is 11.6 Å². The number of carbonyl (C=O) groups is 1. The van der Waals surface area contributed by atoms with Crippen LogP contribution in [0.1, 0.15) is 40.7 Å². The van der Waals surface area contributed by atoms with Crippen molar-refractivity contribution in [3.05, 3.63) is 52.7 Å². The van der Waals surface area contributed by atoms with Crippen LogP contribution in [0.25, 0.3) is 0 Å². The van der Waals surface area contributed by atoms with Gasteiger partial charge >= 0.3 is 0 Å². The number of hydrogen-bond acceptors (Lipinski definition) is 4. The molecule has 2 aromatic rings. The van der Waals surface area contributed by atoms with Crippen LogP contribution in [-0.2, 0) is 6.42 Å². The molecule has 1 aliphatic heterocycles. The summed E-state index contributed by atoms with van der Waals surface area (Å²) in [5, 5.41) is 6.90. The van der Waals surface area contributed by atoms with Gasteiger partial charge in [-0.05, 0) is 43.5 Å². The lowest BCUT2D eigenvalue weighted by atomic mass is 10.00. The van der Waals surface area contributed by atoms with Crippen LogP contribution in [0.15, 0.2) is 34.9 Å². The fourth-order valence-electron chi connectivity index (χ4n) is 2.70. The van der Waals surface area contributed by atoms with Crippen molar-refractivity contribution in [1.82, 2.24) is 15.6 Å². The van der Waals surface area contributed by atoms with E-state index < -0.39 is 0 Å². The van der Waals surface area contributed by atoms with Crippen LogP contribution in [-0.4, -0.2) is 30.5 Å². The molecule has 1 fully saturated rings. The predicted octanol–water partition coefficient (Wildman–Crippen LogP) is 2.77. The number of aromatic nitrogens is 1. The van der Waals surface area contributed by atoms with Crippen LogP contribution in [0.2, 0.25) is 5.02 Å². The summed E-state index contributed by atoms with van der Waals surface area (Å²) in [6, 6.07) is 7.61. The monoisotopic (exact) mass is 333 g/mol. The van der Waals surface area contributed by atoms with Crippen LogP contribution in [0.5, 0.6) is 0 Å². The molecule has 0 bridgehead atoms. The van der Waals surface area contributed by atoms with Crippen molar-refractivity contribution in [3.63, 3.8) is 0 Å². The first-order chi connectivity index (χ1) is 11.2. The molecule has 1 atom stereocenters. The quantitative estimate of drug-likeness (QED) is 0.883. The molecule has 5 nitrogen and oxygen atoms in total. The molecule has 0 spiro atoms. The Kier molecular flexibility index (Phi) is 5.31. The van der Waals surface area contributed by atoms with E-state index >= 15 is 0 Å². The van der Waals surface area contributed by atoms with E-state index in [0.717, 1.165) is 37.9 Å². The number of piperidine rings is 1. The minimum atomic E-state index is -0.197. The lowest BCUT2D eigenvalue weighted by Gasteiger charge is -2.19. The highest BCUT2D eigenvalue weighted by Gasteiger charge is 2.21. The molecule has 0 saturated carbocycles. The highest BCUT2D eigenvalue weighted by molar-refractivity contribution is 6.30. The van der Waals surface area contributed by atoms with Crippen LogP contribution in [0.4, 0.5) is 0 Å². The van der Waals surface area contributed by atoms with Gasteiger partial charge in [0.15, 0.2) is 11.6 Å². The number of rotatable bonds is 5. The van der Waals surface area contributed by atoms with E-state index in [4.69, 9.17) is 16.0 Å². The molecule has 0 aliphatic carbocycles. The Balaban J connectivity index is 1.50. The van der Waals surface area contributed by atoms with E-state index in [2.05, 4.69) is 15.6 Å². The maximum atomic E-state index is 12.1. The minimum absolute atomic E-state index is 0.197. The number of nitrogens with zero attached hydrogens (tertiary/aromatic N) is 1. The average molecular weight is 334 g/mol. The van der Waals surface area contributed by atoms with E-state index in [1.807, 2.05) is 24.3 Å². The second-order valence-electron chi connectivity index (χ2n) is 5.75. The molecule has 1 aromatic heterocycles. The molecule has 23 heavy (non-hydrogen) atoms. The molecule has 2 N–H and O–H groups in total. The van der Waals surface area contributed by atoms with Gasteiger partial charge in [-0.15, -0.1) is 0 Å². The molecule has 3 rings (SSSR count). The topological polar surface area (TPSA) is 67.2 Å². The Hall–Kier alpha value is -1.85. The van der Waals surface area contributed by atoms with Crippen molar-refractivity contribution < 1.29 is 9.21 Å². The third kappa shape index (κ3) is 4.33. The highest BCUT2D eigenvalue weighted by Crippen LogP contribution is 2.22. The number of hydrogen-bond donors (Lipinski definition) is 2. The van der Waals surface area contributed by atoms with Crippen molar-refractivity contribution in [1.29, 1.82) is 0 Å². The number of benzene rings is 1. The summed E-state index contributed by atoms with van der Waals surface area (Å²) >= 11 is 5.85. The minimum Gasteiger partial charge on any atom is -0.448 e. The van der Waals surface area contributed by atoms with Gasteiger partial charge in [0, 0.05) is 24.0 Å². The third-order valence-electron chi connectivity index (χ3n) is 4.01. The van der Waals surface area contributed by atoms with Crippen molar-refractivity contribution in [2.75, 3.05) is 19.6 Å². The average Bonchev–Trinajstić information content (AvgIpc) is 3.07. The largest absolute Gasteiger partial charge is 0.448 e. The van der Waals surface area contributed by atoms with Gasteiger partial charge in [0.1, 0.15) is 6.26 Å². The lowest BCUT2D eigenvalue weighted by molar-refractivity contribution is 0.0949. The second-order valence-corrected chi connectivity index (χ2v) is 6.18. The van der Waals surface area contributed by atoms with Gasteiger partial charge in [-0.3, -0.25) is 4.79 Å². The van der Waals surface area contributed by atoms with E-state index in [9.17, 15) is 4.79 Å². The first-order valence-electron chi connectivity index (χ1n) is 7.91. The fourth-order valence-corrected chi connectivity index (χ4v) is 2.83. The molecule has 1 aliphatic rings. The Morgan fingerprint density at radius 3 is 2.96 bits per heavy atom. The normalized spacial score (nSPS) is 17.9. The zero-order valence-corrected chi connectivity index (χ0v) is 13.6. The van der Waals surface area contributed by atoms with Gasteiger partial charge < -0.3 is 15.1 Å². The van der Waals surface area contributed by atoms with Gasteiger partial charge in [-0.2, -0.15) is 0 Å². The van der Waals surface area contributed by atoms with Crippen molar-refractivity contribution in [3.8, 4) is 0 Å². The number of nitrogens with one attached hydrogen (secondary N) is 2. The molecule has 1 unspecified atom stereocenters. The van der Waals surface area contributed by atoms with E-state index in [1.54, 1.807) is 0 Å². The summed E-state index contributed by atoms with van der Waals surface area (Å²) in [7, 11) is 0. The summed E-state index contributed by atoms with van der Waals surface area (Å²) in [6.07, 6.45) is 4.35. The number of carbonyl (C=O) groups excluding carboxylic acids is 1. The Morgan fingerprint density at radius 1 is 1.39 bits per heavy atom. The van der Waals surface area contributed by atoms with E-state index in [-0.39, 0.29) is 11.8 Å². The number of amides is 1. The number of oxazole rings is 1. The van der Waals surface area contributed by atoms with E-state index in [0.29, 0.717) is 23.2 Å². The van der Waals surface area contributed by atoms with Crippen molar-refractivity contribution in [2.45, 2.75) is 25.2 Å². The fraction of sp³-hybridized carbons (Fsp3) is 0.412. The maximum Gasteiger partial charge on any atom is 0.273 e. The molecular formula is C17H20ClN3O2. The van der Waals surface area contributed by atoms with Crippen LogP contribution in [0.3, 0.4) is 0 Å². The standard InChI is InChI=1S/C17H20ClN3O2/c18-14-5-3-12(4-6-14)7-9-20-16(22)15-11-23-17(21-15)13-2-1-8-19-10-13/h3-6,11,13,19H,1-2,7-10H2,(H,20,22). The molecule has 2 heterocycles. The van der Waals surface area contributed by atoms with Crippen LogP contribution < -0.4 is 10.6 Å². The Morgan fingerprint density at radius 2 is 2.22 bits per heavy atom. The van der Waals surface area contributed by atoms with Crippen molar-refractivity contribution >= 4 is 17.5 Å². The summed E-state index contributed by atoms with van der Waals surface area (Å²) in [5.41, 5.74) is 1.48. The van der Waals surface area contributed by atoms with Gasteiger partial charge in [0.05, 0.1) is 0 Å². The maximum absolute atomic E-state index is 12.1. The third-order valence-corrected chi connectivity index (χ3v) is 4.27. The Bertz CT molecular complexity index is 648. The lowest BCUT2D eigenvalue weighted by Crippen LogP contribution is -2.29. The van der Waals surface area contributed by atoms with Gasteiger partial charge in [-0.1, -0.05) is 23.7 Å².